The zero-order valence-electron chi connectivity index (χ0n) is 13.6. The number of carbonyl (C=O) groups excluding carboxylic acids is 2. The number of nitrogens with zero attached hydrogens (tertiary/aromatic N) is 1. The number of aliphatic hydroxyl groups is 1. The number of carbonyl (C=O) groups is 2. The molecule has 124 valence electrons. The van der Waals surface area contributed by atoms with Gasteiger partial charge in [-0.15, -0.1) is 6.42 Å². The summed E-state index contributed by atoms with van der Waals surface area (Å²) in [5, 5.41) is 11.4. The molecule has 0 aromatic heterocycles. The van der Waals surface area contributed by atoms with E-state index in [1.807, 2.05) is 12.1 Å². The van der Waals surface area contributed by atoms with Crippen molar-refractivity contribution in [1.82, 2.24) is 0 Å². The summed E-state index contributed by atoms with van der Waals surface area (Å²) in [5.74, 6) is 0.956. The van der Waals surface area contributed by atoms with Gasteiger partial charge in [0.15, 0.2) is 11.4 Å². The second-order valence-corrected chi connectivity index (χ2v) is 6.49. The van der Waals surface area contributed by atoms with Crippen LogP contribution in [0.2, 0.25) is 0 Å². The van der Waals surface area contributed by atoms with Crippen molar-refractivity contribution in [2.45, 2.75) is 18.4 Å². The molecule has 25 heavy (non-hydrogen) atoms. The SMILES string of the molecule is C#CCN1C(=O)C(O)(C2CCc3ccccc3C2=O)c2ccccc21. The monoisotopic (exact) mass is 331 g/mol. The number of hydrogen-bond acceptors (Lipinski definition) is 3. The number of ketones is 1. The number of Topliss-reactive ketones (excluding diaryl/α,β-unsaturated/α-hetero) is 1. The number of benzene rings is 2. The number of amides is 1. The Bertz CT molecular complexity index is 927. The van der Waals surface area contributed by atoms with Crippen LogP contribution in [0.3, 0.4) is 0 Å². The van der Waals surface area contributed by atoms with Gasteiger partial charge in [0, 0.05) is 11.1 Å². The minimum atomic E-state index is -1.86. The summed E-state index contributed by atoms with van der Waals surface area (Å²) < 4.78 is 0. The van der Waals surface area contributed by atoms with Crippen molar-refractivity contribution in [3.63, 3.8) is 0 Å². The molecule has 1 N–H and O–H groups in total. The lowest BCUT2D eigenvalue weighted by atomic mass is 9.71. The molecule has 0 bridgehead atoms. The summed E-state index contributed by atoms with van der Waals surface area (Å²) in [6.07, 6.45) is 6.47. The van der Waals surface area contributed by atoms with E-state index in [1.165, 1.54) is 4.90 Å². The summed E-state index contributed by atoms with van der Waals surface area (Å²) in [5.41, 5.74) is 0.741. The van der Waals surface area contributed by atoms with Crippen LogP contribution < -0.4 is 4.90 Å². The van der Waals surface area contributed by atoms with E-state index >= 15 is 0 Å². The van der Waals surface area contributed by atoms with Gasteiger partial charge in [-0.25, -0.2) is 0 Å². The molecule has 2 aromatic carbocycles. The minimum absolute atomic E-state index is 0.0651. The standard InChI is InChI=1S/C21H17NO3/c1-2-13-22-18-10-6-5-9-16(18)21(25,20(22)24)17-12-11-14-7-3-4-8-15(14)19(17)23/h1,3-10,17,25H,11-13H2. The highest BCUT2D eigenvalue weighted by Gasteiger charge is 2.57. The van der Waals surface area contributed by atoms with Crippen molar-refractivity contribution in [2.24, 2.45) is 5.92 Å². The summed E-state index contributed by atoms with van der Waals surface area (Å²) in [6, 6.07) is 14.4. The Labute approximate surface area is 146 Å². The molecular formula is C21H17NO3. The molecule has 1 aliphatic heterocycles. The highest BCUT2D eigenvalue weighted by atomic mass is 16.3. The van der Waals surface area contributed by atoms with Crippen molar-refractivity contribution >= 4 is 17.4 Å². The maximum absolute atomic E-state index is 13.1. The van der Waals surface area contributed by atoms with Gasteiger partial charge < -0.3 is 5.11 Å². The zero-order chi connectivity index (χ0) is 17.6. The van der Waals surface area contributed by atoms with Gasteiger partial charge in [0.2, 0.25) is 0 Å². The fraction of sp³-hybridized carbons (Fsp3) is 0.238. The number of rotatable bonds is 2. The Hall–Kier alpha value is -2.90. The van der Waals surface area contributed by atoms with Crippen molar-refractivity contribution in [3.8, 4) is 12.3 Å². The van der Waals surface area contributed by atoms with Crippen molar-refractivity contribution < 1.29 is 14.7 Å². The molecule has 1 amide bonds. The smallest absolute Gasteiger partial charge is 0.265 e. The Morgan fingerprint density at radius 2 is 1.88 bits per heavy atom. The molecule has 2 atom stereocenters. The maximum atomic E-state index is 13.1. The average Bonchev–Trinajstić information content (AvgIpc) is 2.85. The second kappa shape index (κ2) is 5.58. The topological polar surface area (TPSA) is 57.6 Å². The van der Waals surface area contributed by atoms with E-state index < -0.39 is 17.4 Å². The highest BCUT2D eigenvalue weighted by molar-refractivity contribution is 6.12. The van der Waals surface area contributed by atoms with Gasteiger partial charge in [0.1, 0.15) is 0 Å². The van der Waals surface area contributed by atoms with Gasteiger partial charge in [-0.2, -0.15) is 0 Å². The molecule has 4 rings (SSSR count). The molecule has 0 saturated carbocycles. The Morgan fingerprint density at radius 3 is 2.68 bits per heavy atom. The molecular weight excluding hydrogens is 314 g/mol. The second-order valence-electron chi connectivity index (χ2n) is 6.49. The number of para-hydroxylation sites is 1. The molecule has 1 aliphatic carbocycles. The third-order valence-corrected chi connectivity index (χ3v) is 5.23. The lowest BCUT2D eigenvalue weighted by Crippen LogP contribution is -2.49. The van der Waals surface area contributed by atoms with Gasteiger partial charge in [0.25, 0.3) is 5.91 Å². The van der Waals surface area contributed by atoms with Gasteiger partial charge in [-0.3, -0.25) is 14.5 Å². The van der Waals surface area contributed by atoms with E-state index in [2.05, 4.69) is 5.92 Å². The van der Waals surface area contributed by atoms with Crippen molar-refractivity contribution in [3.05, 3.63) is 65.2 Å². The summed E-state index contributed by atoms with van der Waals surface area (Å²) in [4.78, 5) is 27.5. The van der Waals surface area contributed by atoms with Crippen molar-refractivity contribution in [1.29, 1.82) is 0 Å². The summed E-state index contributed by atoms with van der Waals surface area (Å²) in [7, 11) is 0. The fourth-order valence-electron chi connectivity index (χ4n) is 4.04. The third kappa shape index (κ3) is 2.06. The minimum Gasteiger partial charge on any atom is -0.375 e. The van der Waals surface area contributed by atoms with Crippen LogP contribution in [0.1, 0.15) is 27.9 Å². The van der Waals surface area contributed by atoms with Crippen LogP contribution in [0, 0.1) is 18.3 Å². The van der Waals surface area contributed by atoms with E-state index in [0.29, 0.717) is 29.7 Å². The van der Waals surface area contributed by atoms with E-state index in [1.54, 1.807) is 36.4 Å². The lowest BCUT2D eigenvalue weighted by Gasteiger charge is -2.34. The first kappa shape index (κ1) is 15.6. The molecule has 4 nitrogen and oxygen atoms in total. The Morgan fingerprint density at radius 1 is 1.16 bits per heavy atom. The average molecular weight is 331 g/mol. The van der Waals surface area contributed by atoms with Crippen LogP contribution in [0.25, 0.3) is 0 Å². The fourth-order valence-corrected chi connectivity index (χ4v) is 4.04. The number of terminal acetylenes is 1. The molecule has 1 heterocycles. The zero-order valence-corrected chi connectivity index (χ0v) is 13.6. The van der Waals surface area contributed by atoms with E-state index in [0.717, 1.165) is 5.56 Å². The molecule has 0 saturated heterocycles. The molecule has 0 spiro atoms. The van der Waals surface area contributed by atoms with Gasteiger partial charge in [-0.1, -0.05) is 48.4 Å². The van der Waals surface area contributed by atoms with E-state index in [9.17, 15) is 14.7 Å². The third-order valence-electron chi connectivity index (χ3n) is 5.23. The Kier molecular flexibility index (Phi) is 3.48. The molecule has 2 aromatic rings. The van der Waals surface area contributed by atoms with Crippen LogP contribution in [-0.4, -0.2) is 23.3 Å². The highest BCUT2D eigenvalue weighted by Crippen LogP contribution is 2.48. The van der Waals surface area contributed by atoms with Crippen LogP contribution in [-0.2, 0) is 16.8 Å². The van der Waals surface area contributed by atoms with Gasteiger partial charge in [-0.05, 0) is 24.5 Å². The van der Waals surface area contributed by atoms with Crippen LogP contribution in [0.4, 0.5) is 5.69 Å². The first-order chi connectivity index (χ1) is 12.1. The van der Waals surface area contributed by atoms with E-state index in [4.69, 9.17) is 6.42 Å². The first-order valence-electron chi connectivity index (χ1n) is 8.28. The van der Waals surface area contributed by atoms with Gasteiger partial charge >= 0.3 is 0 Å². The maximum Gasteiger partial charge on any atom is 0.265 e. The summed E-state index contributed by atoms with van der Waals surface area (Å²) in [6.45, 7) is 0.0651. The predicted molar refractivity (Wildman–Crippen MR) is 94.1 cm³/mol. The molecule has 0 fully saturated rings. The number of aryl methyl sites for hydroxylation is 1. The van der Waals surface area contributed by atoms with Crippen LogP contribution >= 0.6 is 0 Å². The molecule has 2 aliphatic rings. The van der Waals surface area contributed by atoms with Gasteiger partial charge in [0.05, 0.1) is 18.2 Å². The Balaban J connectivity index is 1.84. The quantitative estimate of drug-likeness (QED) is 0.859. The summed E-state index contributed by atoms with van der Waals surface area (Å²) >= 11 is 0. The molecule has 2 unspecified atom stereocenters. The lowest BCUT2D eigenvalue weighted by molar-refractivity contribution is -0.140. The predicted octanol–water partition coefficient (Wildman–Crippen LogP) is 2.30. The van der Waals surface area contributed by atoms with Crippen LogP contribution in [0.15, 0.2) is 48.5 Å². The normalized spacial score (nSPS) is 24.6. The van der Waals surface area contributed by atoms with Crippen molar-refractivity contribution in [2.75, 3.05) is 11.4 Å². The number of hydrogen-bond donors (Lipinski definition) is 1. The molecule has 0 radical (unpaired) electrons. The first-order valence-corrected chi connectivity index (χ1v) is 8.28. The number of fused-ring (bicyclic) bond motifs is 2. The number of anilines is 1. The molecule has 4 heteroatoms. The van der Waals surface area contributed by atoms with Crippen LogP contribution in [0.5, 0.6) is 0 Å². The van der Waals surface area contributed by atoms with E-state index in [-0.39, 0.29) is 12.3 Å². The largest absolute Gasteiger partial charge is 0.375 e.